The highest BCUT2D eigenvalue weighted by atomic mass is 35.5. The molecule has 0 atom stereocenters. The van der Waals surface area contributed by atoms with Crippen LogP contribution < -0.4 is 4.90 Å². The van der Waals surface area contributed by atoms with Gasteiger partial charge in [-0.15, -0.1) is 10.2 Å². The van der Waals surface area contributed by atoms with Crippen molar-refractivity contribution in [3.05, 3.63) is 51.7 Å². The highest BCUT2D eigenvalue weighted by Gasteiger charge is 2.22. The molecule has 1 aromatic carbocycles. The van der Waals surface area contributed by atoms with Crippen LogP contribution in [0.25, 0.3) is 10.6 Å². The van der Waals surface area contributed by atoms with Crippen molar-refractivity contribution in [2.75, 3.05) is 31.1 Å². The van der Waals surface area contributed by atoms with Gasteiger partial charge >= 0.3 is 0 Å². The third-order valence-corrected chi connectivity index (χ3v) is 6.37. The minimum absolute atomic E-state index is 0.113. The molecule has 3 aromatic rings. The van der Waals surface area contributed by atoms with Gasteiger partial charge < -0.3 is 9.80 Å². The molecule has 1 aliphatic rings. The van der Waals surface area contributed by atoms with Gasteiger partial charge in [0, 0.05) is 37.1 Å². The van der Waals surface area contributed by atoms with E-state index in [4.69, 9.17) is 11.6 Å². The number of thiophene rings is 1. The Balaban J connectivity index is 1.47. The molecule has 26 heavy (non-hydrogen) atoms. The summed E-state index contributed by atoms with van der Waals surface area (Å²) < 4.78 is 0. The zero-order valence-corrected chi connectivity index (χ0v) is 16.4. The maximum atomic E-state index is 12.6. The Morgan fingerprint density at radius 1 is 1.08 bits per heavy atom. The Labute approximate surface area is 164 Å². The summed E-state index contributed by atoms with van der Waals surface area (Å²) in [7, 11) is 0. The quantitative estimate of drug-likeness (QED) is 0.654. The third kappa shape index (κ3) is 3.60. The van der Waals surface area contributed by atoms with Crippen LogP contribution in [-0.2, 0) is 0 Å². The van der Waals surface area contributed by atoms with Gasteiger partial charge in [0.15, 0.2) is 5.01 Å². The second-order valence-corrected chi connectivity index (χ2v) is 8.16. The molecule has 0 aliphatic carbocycles. The van der Waals surface area contributed by atoms with Crippen molar-refractivity contribution in [1.82, 2.24) is 15.1 Å². The Bertz CT molecular complexity index is 896. The van der Waals surface area contributed by atoms with E-state index in [9.17, 15) is 4.79 Å². The number of nitrogens with zero attached hydrogens (tertiary/aromatic N) is 4. The number of halogens is 1. The SMILES string of the molecule is O=C(c1ccsc1)N1CCCN(c2nnc(-c3ccccc3Cl)s2)CC1. The van der Waals surface area contributed by atoms with Crippen LogP contribution in [0.5, 0.6) is 0 Å². The smallest absolute Gasteiger partial charge is 0.254 e. The normalized spacial score (nSPS) is 15.1. The van der Waals surface area contributed by atoms with E-state index in [1.807, 2.05) is 46.0 Å². The lowest BCUT2D eigenvalue weighted by atomic mass is 10.2. The molecule has 1 amide bonds. The van der Waals surface area contributed by atoms with Crippen LogP contribution in [0.2, 0.25) is 5.02 Å². The van der Waals surface area contributed by atoms with Gasteiger partial charge in [-0.05, 0) is 23.9 Å². The maximum absolute atomic E-state index is 12.6. The highest BCUT2D eigenvalue weighted by molar-refractivity contribution is 7.18. The first kappa shape index (κ1) is 17.5. The van der Waals surface area contributed by atoms with Gasteiger partial charge in [-0.2, -0.15) is 11.3 Å². The summed E-state index contributed by atoms with van der Waals surface area (Å²) in [6.07, 6.45) is 0.914. The molecule has 8 heteroatoms. The molecule has 1 fully saturated rings. The van der Waals surface area contributed by atoms with Crippen LogP contribution in [0.1, 0.15) is 16.8 Å². The lowest BCUT2D eigenvalue weighted by Crippen LogP contribution is -2.35. The number of benzene rings is 1. The molecule has 134 valence electrons. The van der Waals surface area contributed by atoms with Gasteiger partial charge in [0.05, 0.1) is 10.6 Å². The van der Waals surface area contributed by atoms with E-state index in [1.165, 1.54) is 0 Å². The minimum Gasteiger partial charge on any atom is -0.345 e. The highest BCUT2D eigenvalue weighted by Crippen LogP contribution is 2.33. The molecular weight excluding hydrogens is 388 g/mol. The zero-order chi connectivity index (χ0) is 17.9. The molecule has 0 unspecified atom stereocenters. The van der Waals surface area contributed by atoms with Crippen LogP contribution in [0.4, 0.5) is 5.13 Å². The van der Waals surface area contributed by atoms with Crippen molar-refractivity contribution < 1.29 is 4.79 Å². The average Bonchev–Trinajstić information content (AvgIpc) is 3.30. The predicted molar refractivity (Wildman–Crippen MR) is 107 cm³/mol. The maximum Gasteiger partial charge on any atom is 0.254 e. The Hall–Kier alpha value is -1.96. The largest absolute Gasteiger partial charge is 0.345 e. The van der Waals surface area contributed by atoms with Crippen molar-refractivity contribution in [1.29, 1.82) is 0 Å². The Morgan fingerprint density at radius 3 is 2.77 bits per heavy atom. The number of hydrogen-bond donors (Lipinski definition) is 0. The Kier molecular flexibility index (Phi) is 5.19. The number of aromatic nitrogens is 2. The summed E-state index contributed by atoms with van der Waals surface area (Å²) >= 11 is 9.36. The molecule has 1 aliphatic heterocycles. The summed E-state index contributed by atoms with van der Waals surface area (Å²) in [4.78, 5) is 16.7. The first-order valence-corrected chi connectivity index (χ1v) is 10.5. The van der Waals surface area contributed by atoms with Crippen molar-refractivity contribution in [3.8, 4) is 10.6 Å². The number of rotatable bonds is 3. The molecule has 0 N–H and O–H groups in total. The van der Waals surface area contributed by atoms with Gasteiger partial charge in [0.2, 0.25) is 5.13 Å². The van der Waals surface area contributed by atoms with Crippen molar-refractivity contribution in [2.24, 2.45) is 0 Å². The van der Waals surface area contributed by atoms with Crippen molar-refractivity contribution >= 4 is 45.3 Å². The second-order valence-electron chi connectivity index (χ2n) is 6.01. The monoisotopic (exact) mass is 404 g/mol. The summed E-state index contributed by atoms with van der Waals surface area (Å²) in [5.41, 5.74) is 1.68. The Morgan fingerprint density at radius 2 is 1.96 bits per heavy atom. The summed E-state index contributed by atoms with van der Waals surface area (Å²) in [6, 6.07) is 9.55. The number of carbonyl (C=O) groups is 1. The summed E-state index contributed by atoms with van der Waals surface area (Å²) in [5, 5.41) is 14.9. The standard InChI is InChI=1S/C18H17ClN4OS2/c19-15-5-2-1-4-14(15)16-20-21-18(26-16)23-8-3-7-22(9-10-23)17(24)13-6-11-25-12-13/h1-2,4-6,11-12H,3,7-10H2. The van der Waals surface area contributed by atoms with Gasteiger partial charge in [-0.3, -0.25) is 4.79 Å². The van der Waals surface area contributed by atoms with Crippen LogP contribution >= 0.6 is 34.3 Å². The molecule has 2 aromatic heterocycles. The topological polar surface area (TPSA) is 49.3 Å². The molecule has 0 radical (unpaired) electrons. The molecule has 4 rings (SSSR count). The third-order valence-electron chi connectivity index (χ3n) is 4.34. The molecule has 0 saturated carbocycles. The summed E-state index contributed by atoms with van der Waals surface area (Å²) in [6.45, 7) is 3.08. The lowest BCUT2D eigenvalue weighted by molar-refractivity contribution is 0.0767. The van der Waals surface area contributed by atoms with Gasteiger partial charge in [-0.25, -0.2) is 0 Å². The van der Waals surface area contributed by atoms with Gasteiger partial charge in [-0.1, -0.05) is 41.1 Å². The van der Waals surface area contributed by atoms with Gasteiger partial charge in [0.25, 0.3) is 5.91 Å². The van der Waals surface area contributed by atoms with Crippen molar-refractivity contribution in [2.45, 2.75) is 6.42 Å². The van der Waals surface area contributed by atoms with E-state index in [-0.39, 0.29) is 5.91 Å². The van der Waals surface area contributed by atoms with Crippen molar-refractivity contribution in [3.63, 3.8) is 0 Å². The van der Waals surface area contributed by atoms with E-state index in [2.05, 4.69) is 15.1 Å². The molecule has 1 saturated heterocycles. The molecular formula is C18H17ClN4OS2. The fourth-order valence-electron chi connectivity index (χ4n) is 2.97. The molecule has 5 nitrogen and oxygen atoms in total. The predicted octanol–water partition coefficient (Wildman–Crippen LogP) is 4.27. The van der Waals surface area contributed by atoms with Gasteiger partial charge in [0.1, 0.15) is 0 Å². The van der Waals surface area contributed by atoms with Crippen LogP contribution in [0, 0.1) is 0 Å². The number of anilines is 1. The second kappa shape index (κ2) is 7.73. The van der Waals surface area contributed by atoms with E-state index in [1.54, 1.807) is 22.7 Å². The fraction of sp³-hybridized carbons (Fsp3) is 0.278. The van der Waals surface area contributed by atoms with E-state index in [0.717, 1.165) is 47.3 Å². The van der Waals surface area contributed by atoms with E-state index < -0.39 is 0 Å². The number of carbonyl (C=O) groups excluding carboxylic acids is 1. The fourth-order valence-corrected chi connectivity index (χ4v) is 4.81. The lowest BCUT2D eigenvalue weighted by Gasteiger charge is -2.21. The number of amides is 1. The van der Waals surface area contributed by atoms with E-state index >= 15 is 0 Å². The van der Waals surface area contributed by atoms with E-state index in [0.29, 0.717) is 11.6 Å². The van der Waals surface area contributed by atoms with Crippen LogP contribution in [0.15, 0.2) is 41.1 Å². The molecule has 0 spiro atoms. The van der Waals surface area contributed by atoms with Crippen LogP contribution in [0.3, 0.4) is 0 Å². The van der Waals surface area contributed by atoms with Crippen LogP contribution in [-0.4, -0.2) is 47.2 Å². The number of hydrogen-bond acceptors (Lipinski definition) is 6. The molecule has 0 bridgehead atoms. The zero-order valence-electron chi connectivity index (χ0n) is 14.0. The summed E-state index contributed by atoms with van der Waals surface area (Å²) in [5.74, 6) is 0.113. The molecule has 3 heterocycles. The first-order valence-electron chi connectivity index (χ1n) is 8.37. The average molecular weight is 405 g/mol. The minimum atomic E-state index is 0.113. The first-order chi connectivity index (χ1) is 12.7.